The molecule has 2 aliphatic heterocycles. The predicted molar refractivity (Wildman–Crippen MR) is 126 cm³/mol. The zero-order valence-electron chi connectivity index (χ0n) is 18.6. The Kier molecular flexibility index (Phi) is 5.44. The Labute approximate surface area is 180 Å². The Morgan fingerprint density at radius 3 is 2.57 bits per heavy atom. The summed E-state index contributed by atoms with van der Waals surface area (Å²) < 4.78 is 0. The van der Waals surface area contributed by atoms with Crippen molar-refractivity contribution in [1.82, 2.24) is 4.90 Å². The van der Waals surface area contributed by atoms with Crippen molar-refractivity contribution in [1.29, 1.82) is 0 Å². The summed E-state index contributed by atoms with van der Waals surface area (Å²) in [5.74, 6) is 1.65. The Morgan fingerprint density at radius 2 is 1.80 bits per heavy atom. The number of hydrogen-bond acceptors (Lipinski definition) is 3. The highest BCUT2D eigenvalue weighted by atomic mass is 16.2. The minimum Gasteiger partial charge on any atom is -0.370 e. The van der Waals surface area contributed by atoms with Crippen LogP contribution in [0.5, 0.6) is 0 Å². The van der Waals surface area contributed by atoms with Crippen LogP contribution in [0.4, 0.5) is 11.4 Å². The molecule has 4 heteroatoms. The third-order valence-electron chi connectivity index (χ3n) is 7.38. The zero-order chi connectivity index (χ0) is 20.7. The number of amides is 1. The lowest BCUT2D eigenvalue weighted by Gasteiger charge is -2.31. The molecule has 2 fully saturated rings. The highest BCUT2D eigenvalue weighted by Gasteiger charge is 2.33. The van der Waals surface area contributed by atoms with E-state index < -0.39 is 0 Å². The third kappa shape index (κ3) is 3.60. The molecular formula is C26H35N3O. The molecule has 0 unspecified atom stereocenters. The summed E-state index contributed by atoms with van der Waals surface area (Å²) in [6.45, 7) is 11.2. The molecule has 0 aromatic heterocycles. The van der Waals surface area contributed by atoms with Crippen molar-refractivity contribution in [3.05, 3.63) is 35.9 Å². The third-order valence-corrected chi connectivity index (χ3v) is 7.38. The van der Waals surface area contributed by atoms with Crippen molar-refractivity contribution in [2.45, 2.75) is 46.0 Å². The minimum absolute atomic E-state index is 0.204. The first-order valence-electron chi connectivity index (χ1n) is 12.0. The van der Waals surface area contributed by atoms with Crippen molar-refractivity contribution >= 4 is 28.1 Å². The van der Waals surface area contributed by atoms with Gasteiger partial charge in [-0.1, -0.05) is 32.4 Å². The van der Waals surface area contributed by atoms with Crippen LogP contribution in [0.2, 0.25) is 0 Å². The van der Waals surface area contributed by atoms with Crippen LogP contribution in [-0.2, 0) is 0 Å². The van der Waals surface area contributed by atoms with Crippen LogP contribution in [0.15, 0.2) is 30.3 Å². The van der Waals surface area contributed by atoms with E-state index in [2.05, 4.69) is 52.8 Å². The largest absolute Gasteiger partial charge is 0.370 e. The Hall–Kier alpha value is -2.07. The summed E-state index contributed by atoms with van der Waals surface area (Å²) >= 11 is 0. The number of carbonyl (C=O) groups is 1. The van der Waals surface area contributed by atoms with E-state index in [1.54, 1.807) is 0 Å². The van der Waals surface area contributed by atoms with E-state index >= 15 is 0 Å². The van der Waals surface area contributed by atoms with E-state index in [-0.39, 0.29) is 5.91 Å². The van der Waals surface area contributed by atoms with Gasteiger partial charge in [-0.05, 0) is 68.8 Å². The van der Waals surface area contributed by atoms with Crippen LogP contribution in [0.25, 0.3) is 10.8 Å². The van der Waals surface area contributed by atoms with Crippen LogP contribution in [0.3, 0.4) is 0 Å². The summed E-state index contributed by atoms with van der Waals surface area (Å²) in [4.78, 5) is 20.4. The minimum atomic E-state index is 0.204. The molecule has 4 nitrogen and oxygen atoms in total. The van der Waals surface area contributed by atoms with Gasteiger partial charge in [0.1, 0.15) is 0 Å². The molecule has 0 atom stereocenters. The van der Waals surface area contributed by atoms with Gasteiger partial charge in [-0.2, -0.15) is 0 Å². The van der Waals surface area contributed by atoms with Gasteiger partial charge in [0.25, 0.3) is 5.91 Å². The van der Waals surface area contributed by atoms with Crippen molar-refractivity contribution < 1.29 is 4.79 Å². The van der Waals surface area contributed by atoms with E-state index in [1.807, 2.05) is 6.07 Å². The van der Waals surface area contributed by atoms with Crippen molar-refractivity contribution in [2.24, 2.45) is 11.8 Å². The van der Waals surface area contributed by atoms with E-state index in [0.717, 1.165) is 43.3 Å². The Balaban J connectivity index is 1.41. The monoisotopic (exact) mass is 405 g/mol. The molecule has 1 saturated carbocycles. The Morgan fingerprint density at radius 1 is 0.967 bits per heavy atom. The van der Waals surface area contributed by atoms with Crippen molar-refractivity contribution in [2.75, 3.05) is 49.1 Å². The molecule has 2 aromatic rings. The summed E-state index contributed by atoms with van der Waals surface area (Å²) in [7, 11) is 0. The van der Waals surface area contributed by atoms with Gasteiger partial charge in [-0.3, -0.25) is 4.79 Å². The average Bonchev–Trinajstić information content (AvgIpc) is 2.85. The number of hydrogen-bond donors (Lipinski definition) is 0. The topological polar surface area (TPSA) is 26.8 Å². The van der Waals surface area contributed by atoms with Crippen molar-refractivity contribution in [3.8, 4) is 0 Å². The number of benzene rings is 2. The number of rotatable bonds is 6. The standard InChI is InChI=1S/C26H35N3O/c1-19(2)12-15-27-13-5-14-28(17-16-27)23-10-11-24-25-21(23)8-4-9-22(25)26(30)29(24)18-20-6-3-7-20/h4,8-11,19-20H,3,5-7,12-18H2,1-2H3. The normalized spacial score (nSPS) is 20.3. The lowest BCUT2D eigenvalue weighted by molar-refractivity contribution is 0.0984. The van der Waals surface area contributed by atoms with E-state index in [0.29, 0.717) is 5.92 Å². The molecule has 30 heavy (non-hydrogen) atoms. The molecule has 0 radical (unpaired) electrons. The van der Waals surface area contributed by atoms with Gasteiger partial charge in [0.15, 0.2) is 0 Å². The van der Waals surface area contributed by atoms with Crippen LogP contribution in [0, 0.1) is 11.8 Å². The van der Waals surface area contributed by atoms with Crippen molar-refractivity contribution in [3.63, 3.8) is 0 Å². The molecular weight excluding hydrogens is 370 g/mol. The van der Waals surface area contributed by atoms with E-state index in [4.69, 9.17) is 0 Å². The molecule has 0 spiro atoms. The maximum Gasteiger partial charge on any atom is 0.259 e. The van der Waals surface area contributed by atoms with Crippen LogP contribution in [-0.4, -0.2) is 50.1 Å². The summed E-state index contributed by atoms with van der Waals surface area (Å²) in [6.07, 6.45) is 6.33. The molecule has 0 N–H and O–H groups in total. The summed E-state index contributed by atoms with van der Waals surface area (Å²) in [5, 5.41) is 2.44. The first-order chi connectivity index (χ1) is 14.6. The molecule has 1 saturated heterocycles. The predicted octanol–water partition coefficient (Wildman–Crippen LogP) is 5.16. The fourth-order valence-electron chi connectivity index (χ4n) is 5.30. The average molecular weight is 406 g/mol. The maximum atomic E-state index is 13.2. The number of nitrogens with zero attached hydrogens (tertiary/aromatic N) is 3. The maximum absolute atomic E-state index is 13.2. The molecule has 2 aromatic carbocycles. The van der Waals surface area contributed by atoms with E-state index in [9.17, 15) is 4.79 Å². The molecule has 1 aliphatic carbocycles. The van der Waals surface area contributed by atoms with Crippen LogP contribution in [0.1, 0.15) is 56.3 Å². The number of anilines is 2. The highest BCUT2D eigenvalue weighted by Crippen LogP contribution is 2.43. The van der Waals surface area contributed by atoms with Gasteiger partial charge in [0, 0.05) is 48.2 Å². The smallest absolute Gasteiger partial charge is 0.259 e. The van der Waals surface area contributed by atoms with Crippen LogP contribution >= 0.6 is 0 Å². The van der Waals surface area contributed by atoms with Gasteiger partial charge in [0.2, 0.25) is 0 Å². The van der Waals surface area contributed by atoms with Gasteiger partial charge in [-0.15, -0.1) is 0 Å². The Bertz CT molecular complexity index is 933. The lowest BCUT2D eigenvalue weighted by atomic mass is 9.85. The molecule has 2 heterocycles. The fraction of sp³-hybridized carbons (Fsp3) is 0.577. The summed E-state index contributed by atoms with van der Waals surface area (Å²) in [5.41, 5.74) is 3.34. The quantitative estimate of drug-likeness (QED) is 0.664. The fourth-order valence-corrected chi connectivity index (χ4v) is 5.30. The van der Waals surface area contributed by atoms with Gasteiger partial charge in [-0.25, -0.2) is 0 Å². The lowest BCUT2D eigenvalue weighted by Crippen LogP contribution is -2.34. The molecule has 3 aliphatic rings. The van der Waals surface area contributed by atoms with Crippen LogP contribution < -0.4 is 9.80 Å². The molecule has 0 bridgehead atoms. The first kappa shape index (κ1) is 19.9. The van der Waals surface area contributed by atoms with Gasteiger partial charge >= 0.3 is 0 Å². The second-order valence-electron chi connectivity index (χ2n) is 9.91. The van der Waals surface area contributed by atoms with E-state index in [1.165, 1.54) is 61.7 Å². The summed E-state index contributed by atoms with van der Waals surface area (Å²) in [6, 6.07) is 10.8. The first-order valence-corrected chi connectivity index (χ1v) is 12.0. The molecule has 160 valence electrons. The molecule has 1 amide bonds. The second-order valence-corrected chi connectivity index (χ2v) is 9.91. The highest BCUT2D eigenvalue weighted by molar-refractivity contribution is 6.26. The number of carbonyl (C=O) groups excluding carboxylic acids is 1. The second kappa shape index (κ2) is 8.22. The zero-order valence-corrected chi connectivity index (χ0v) is 18.6. The SMILES string of the molecule is CC(C)CCN1CCCN(c2ccc3c4c(cccc24)C(=O)N3CC2CCC2)CC1. The van der Waals surface area contributed by atoms with Gasteiger partial charge < -0.3 is 14.7 Å². The molecule has 5 rings (SSSR count). The van der Waals surface area contributed by atoms with Gasteiger partial charge in [0.05, 0.1) is 5.69 Å².